The predicted molar refractivity (Wildman–Crippen MR) is 102 cm³/mol. The van der Waals surface area contributed by atoms with Crippen LogP contribution in [0.25, 0.3) is 0 Å². The molecule has 2 aromatic rings. The molecular weight excluding hydrogens is 362 g/mol. The molecule has 4 rings (SSSR count). The van der Waals surface area contributed by atoms with E-state index in [9.17, 15) is 13.2 Å². The second-order valence-corrected chi connectivity index (χ2v) is 9.58. The maximum atomic E-state index is 13.0. The van der Waals surface area contributed by atoms with Crippen molar-refractivity contribution in [2.75, 3.05) is 6.54 Å². The fourth-order valence-electron chi connectivity index (χ4n) is 4.49. The Kier molecular flexibility index (Phi) is 5.08. The molecule has 1 aromatic carbocycles. The molecule has 1 aliphatic heterocycles. The first-order valence-corrected chi connectivity index (χ1v) is 11.4. The number of fused-ring (bicyclic) bond motifs is 1. The Morgan fingerprint density at radius 3 is 2.56 bits per heavy atom. The minimum Gasteiger partial charge on any atom is -0.455 e. The maximum Gasteiger partial charge on any atom is 0.289 e. The average Bonchev–Trinajstić information content (AvgIpc) is 3.15. The monoisotopic (exact) mass is 387 g/mol. The van der Waals surface area contributed by atoms with E-state index in [1.807, 2.05) is 4.90 Å². The van der Waals surface area contributed by atoms with Gasteiger partial charge in [0.25, 0.3) is 5.91 Å². The third-order valence-electron chi connectivity index (χ3n) is 5.81. The van der Waals surface area contributed by atoms with Gasteiger partial charge in [0.2, 0.25) is 0 Å². The highest BCUT2D eigenvalue weighted by molar-refractivity contribution is 7.90. The zero-order valence-corrected chi connectivity index (χ0v) is 16.2. The van der Waals surface area contributed by atoms with Gasteiger partial charge in [0.15, 0.2) is 15.6 Å². The van der Waals surface area contributed by atoms with Gasteiger partial charge in [-0.2, -0.15) is 0 Å². The number of likely N-dealkylation sites (tertiary alicyclic amines) is 1. The average molecular weight is 388 g/mol. The molecule has 5 nitrogen and oxygen atoms in total. The second kappa shape index (κ2) is 7.50. The van der Waals surface area contributed by atoms with E-state index in [1.165, 1.54) is 25.7 Å². The van der Waals surface area contributed by atoms with E-state index in [1.54, 1.807) is 42.5 Å². The summed E-state index contributed by atoms with van der Waals surface area (Å²) >= 11 is 0. The van der Waals surface area contributed by atoms with Gasteiger partial charge < -0.3 is 9.32 Å². The summed E-state index contributed by atoms with van der Waals surface area (Å²) in [6, 6.07) is 11.8. The molecule has 2 fully saturated rings. The highest BCUT2D eigenvalue weighted by Gasteiger charge is 2.37. The first kappa shape index (κ1) is 18.3. The Morgan fingerprint density at radius 2 is 1.74 bits per heavy atom. The molecule has 2 atom stereocenters. The number of rotatable bonds is 4. The number of carbonyl (C=O) groups is 1. The van der Waals surface area contributed by atoms with Crippen molar-refractivity contribution in [1.29, 1.82) is 0 Å². The van der Waals surface area contributed by atoms with Crippen LogP contribution in [0.15, 0.2) is 51.8 Å². The molecule has 1 saturated carbocycles. The molecule has 1 amide bonds. The van der Waals surface area contributed by atoms with Crippen LogP contribution in [-0.2, 0) is 15.6 Å². The molecule has 0 bridgehead atoms. The Hall–Kier alpha value is -2.08. The van der Waals surface area contributed by atoms with E-state index in [4.69, 9.17) is 4.42 Å². The molecule has 27 heavy (non-hydrogen) atoms. The number of sulfone groups is 1. The Balaban J connectivity index is 1.50. The van der Waals surface area contributed by atoms with Crippen molar-refractivity contribution in [2.24, 2.45) is 5.92 Å². The van der Waals surface area contributed by atoms with Crippen molar-refractivity contribution in [3.8, 4) is 0 Å². The van der Waals surface area contributed by atoms with Crippen LogP contribution in [0.4, 0.5) is 0 Å². The van der Waals surface area contributed by atoms with E-state index in [0.29, 0.717) is 17.7 Å². The van der Waals surface area contributed by atoms with Gasteiger partial charge in [-0.15, -0.1) is 0 Å². The van der Waals surface area contributed by atoms with Gasteiger partial charge in [0, 0.05) is 12.6 Å². The highest BCUT2D eigenvalue weighted by atomic mass is 32.2. The Bertz CT molecular complexity index is 901. The molecule has 0 N–H and O–H groups in total. The maximum absolute atomic E-state index is 13.0. The Morgan fingerprint density at radius 1 is 1.00 bits per heavy atom. The fraction of sp³-hybridized carbons (Fsp3) is 0.476. The topological polar surface area (TPSA) is 67.6 Å². The third-order valence-corrected chi connectivity index (χ3v) is 7.47. The number of carbonyl (C=O) groups excluding carboxylic acids is 1. The van der Waals surface area contributed by atoms with Gasteiger partial charge in [-0.1, -0.05) is 31.0 Å². The summed E-state index contributed by atoms with van der Waals surface area (Å²) in [7, 11) is -3.49. The van der Waals surface area contributed by atoms with Crippen molar-refractivity contribution in [2.45, 2.75) is 55.2 Å². The van der Waals surface area contributed by atoms with Gasteiger partial charge >= 0.3 is 0 Å². The predicted octanol–water partition coefficient (Wildman–Crippen LogP) is 4.05. The lowest BCUT2D eigenvalue weighted by Crippen LogP contribution is -2.49. The van der Waals surface area contributed by atoms with Crippen molar-refractivity contribution in [3.05, 3.63) is 54.0 Å². The molecule has 2 heterocycles. The summed E-state index contributed by atoms with van der Waals surface area (Å²) in [4.78, 5) is 15.2. The molecule has 1 aliphatic carbocycles. The zero-order valence-electron chi connectivity index (χ0n) is 15.3. The molecular formula is C21H25NO4S. The molecule has 0 spiro atoms. The summed E-state index contributed by atoms with van der Waals surface area (Å²) in [5.41, 5.74) is 0. The zero-order chi connectivity index (χ0) is 18.9. The van der Waals surface area contributed by atoms with E-state index < -0.39 is 9.84 Å². The first-order valence-electron chi connectivity index (χ1n) is 9.72. The third kappa shape index (κ3) is 3.81. The second-order valence-electron chi connectivity index (χ2n) is 7.59. The van der Waals surface area contributed by atoms with Crippen LogP contribution in [0.2, 0.25) is 0 Å². The van der Waals surface area contributed by atoms with Gasteiger partial charge in [0.1, 0.15) is 11.5 Å². The number of nitrogens with zero attached hydrogens (tertiary/aromatic N) is 1. The molecule has 6 heteroatoms. The first-order chi connectivity index (χ1) is 13.0. The van der Waals surface area contributed by atoms with Crippen LogP contribution in [0, 0.1) is 5.92 Å². The van der Waals surface area contributed by atoms with Crippen molar-refractivity contribution in [3.63, 3.8) is 0 Å². The number of piperidine rings is 1. The lowest BCUT2D eigenvalue weighted by atomic mass is 9.78. The quantitative estimate of drug-likeness (QED) is 0.794. The number of amides is 1. The van der Waals surface area contributed by atoms with Crippen molar-refractivity contribution in [1.82, 2.24) is 4.90 Å². The van der Waals surface area contributed by atoms with Crippen LogP contribution < -0.4 is 0 Å². The lowest BCUT2D eigenvalue weighted by Gasteiger charge is -2.43. The fourth-order valence-corrected chi connectivity index (χ4v) is 5.76. The van der Waals surface area contributed by atoms with Gasteiger partial charge in [-0.25, -0.2) is 8.42 Å². The standard InChI is InChI=1S/C21H25NO4S/c23-21(22-14-6-8-16-7-4-5-11-19(16)22)20-13-12-17(26-20)15-27(24,25)18-9-2-1-3-10-18/h1-3,9-10,12-13,16,19H,4-8,11,14-15H2. The van der Waals surface area contributed by atoms with E-state index in [0.717, 1.165) is 19.4 Å². The van der Waals surface area contributed by atoms with Gasteiger partial charge in [-0.05, 0) is 55.9 Å². The largest absolute Gasteiger partial charge is 0.455 e. The SMILES string of the molecule is O=C(c1ccc(CS(=O)(=O)c2ccccc2)o1)N1CCCC2CCCCC21. The summed E-state index contributed by atoms with van der Waals surface area (Å²) < 4.78 is 30.7. The molecule has 144 valence electrons. The van der Waals surface area contributed by atoms with Crippen LogP contribution in [0.1, 0.15) is 54.8 Å². The summed E-state index contributed by atoms with van der Waals surface area (Å²) in [5.74, 6) is 0.814. The summed E-state index contributed by atoms with van der Waals surface area (Å²) in [6.07, 6.45) is 6.92. The molecule has 2 aliphatic rings. The van der Waals surface area contributed by atoms with E-state index in [2.05, 4.69) is 0 Å². The van der Waals surface area contributed by atoms with E-state index in [-0.39, 0.29) is 22.3 Å². The normalized spacial score (nSPS) is 23.0. The minimum atomic E-state index is -3.49. The van der Waals surface area contributed by atoms with Crippen LogP contribution in [0.5, 0.6) is 0 Å². The number of hydrogen-bond donors (Lipinski definition) is 0. The molecule has 1 aromatic heterocycles. The van der Waals surface area contributed by atoms with Gasteiger partial charge in [0.05, 0.1) is 4.90 Å². The van der Waals surface area contributed by atoms with Gasteiger partial charge in [-0.3, -0.25) is 4.79 Å². The molecule has 0 radical (unpaired) electrons. The van der Waals surface area contributed by atoms with Crippen LogP contribution in [0.3, 0.4) is 0 Å². The smallest absolute Gasteiger partial charge is 0.289 e. The number of benzene rings is 1. The van der Waals surface area contributed by atoms with Crippen molar-refractivity contribution < 1.29 is 17.6 Å². The lowest BCUT2D eigenvalue weighted by molar-refractivity contribution is 0.0361. The van der Waals surface area contributed by atoms with Crippen LogP contribution >= 0.6 is 0 Å². The summed E-state index contributed by atoms with van der Waals surface area (Å²) in [5, 5.41) is 0. The number of hydrogen-bond acceptors (Lipinski definition) is 4. The highest BCUT2D eigenvalue weighted by Crippen LogP contribution is 2.36. The Labute approximate surface area is 160 Å². The molecule has 1 saturated heterocycles. The van der Waals surface area contributed by atoms with Crippen molar-refractivity contribution >= 4 is 15.7 Å². The molecule has 2 unspecified atom stereocenters. The number of furan rings is 1. The minimum absolute atomic E-state index is 0.102. The summed E-state index contributed by atoms with van der Waals surface area (Å²) in [6.45, 7) is 0.762. The van der Waals surface area contributed by atoms with Crippen LogP contribution in [-0.4, -0.2) is 31.8 Å². The van der Waals surface area contributed by atoms with E-state index >= 15 is 0 Å².